The number of hydrogen-bond donors (Lipinski definition) is 1. The molecule has 0 atom stereocenters. The summed E-state index contributed by atoms with van der Waals surface area (Å²) in [5.74, 6) is 0. The van der Waals surface area contributed by atoms with Crippen LogP contribution in [0.3, 0.4) is 0 Å². The second-order valence-corrected chi connectivity index (χ2v) is 6.49. The van der Waals surface area contributed by atoms with Crippen molar-refractivity contribution < 1.29 is 0 Å². The maximum atomic E-state index is 3.61. The minimum atomic E-state index is 1.02. The summed E-state index contributed by atoms with van der Waals surface area (Å²) in [7, 11) is 0. The highest BCUT2D eigenvalue weighted by Gasteiger charge is 2.20. The van der Waals surface area contributed by atoms with Crippen LogP contribution in [0.5, 0.6) is 0 Å². The highest BCUT2D eigenvalue weighted by atomic mass is 15.1. The summed E-state index contributed by atoms with van der Waals surface area (Å²) < 4.78 is 0. The molecule has 1 aromatic heterocycles. The number of rotatable bonds is 3. The number of H-pyrrole nitrogens is 1. The van der Waals surface area contributed by atoms with Crippen LogP contribution in [0.1, 0.15) is 23.7 Å². The standard InChI is InChI=1S/C21H22N2/c1-16(13-17-7-3-2-4-8-17)14-23-12-11-19-18-9-5-6-10-20(18)22-21(19)15-23/h2-10,13,22H,11-12,14-15H2,1H3/b16-13+. The molecule has 2 heterocycles. The number of nitrogens with zero attached hydrogens (tertiary/aromatic N) is 1. The summed E-state index contributed by atoms with van der Waals surface area (Å²) in [4.78, 5) is 6.14. The number of aromatic nitrogens is 1. The lowest BCUT2D eigenvalue weighted by atomic mass is 10.0. The molecule has 0 radical (unpaired) electrons. The maximum absolute atomic E-state index is 3.61. The lowest BCUT2D eigenvalue weighted by Crippen LogP contribution is -2.31. The van der Waals surface area contributed by atoms with E-state index in [9.17, 15) is 0 Å². The van der Waals surface area contributed by atoms with E-state index in [4.69, 9.17) is 0 Å². The van der Waals surface area contributed by atoms with Crippen LogP contribution in [0.25, 0.3) is 17.0 Å². The van der Waals surface area contributed by atoms with Crippen LogP contribution in [0.15, 0.2) is 60.2 Å². The van der Waals surface area contributed by atoms with Gasteiger partial charge in [-0.05, 0) is 30.5 Å². The summed E-state index contributed by atoms with van der Waals surface area (Å²) in [6.45, 7) is 5.41. The molecule has 116 valence electrons. The van der Waals surface area contributed by atoms with Crippen molar-refractivity contribution in [2.45, 2.75) is 19.9 Å². The molecule has 4 rings (SSSR count). The summed E-state index contributed by atoms with van der Waals surface area (Å²) in [5.41, 5.74) is 6.88. The van der Waals surface area contributed by atoms with Gasteiger partial charge in [0.25, 0.3) is 0 Å². The number of hydrogen-bond acceptors (Lipinski definition) is 1. The lowest BCUT2D eigenvalue weighted by Gasteiger charge is -2.27. The van der Waals surface area contributed by atoms with Gasteiger partial charge < -0.3 is 4.98 Å². The van der Waals surface area contributed by atoms with Crippen LogP contribution in [0.2, 0.25) is 0 Å². The van der Waals surface area contributed by atoms with Crippen molar-refractivity contribution in [1.29, 1.82) is 0 Å². The normalized spacial score (nSPS) is 15.8. The van der Waals surface area contributed by atoms with E-state index >= 15 is 0 Å². The van der Waals surface area contributed by atoms with E-state index in [0.717, 1.165) is 26.1 Å². The third-order valence-corrected chi connectivity index (χ3v) is 4.65. The van der Waals surface area contributed by atoms with Crippen molar-refractivity contribution in [1.82, 2.24) is 9.88 Å². The van der Waals surface area contributed by atoms with Gasteiger partial charge in [-0.15, -0.1) is 0 Å². The van der Waals surface area contributed by atoms with Gasteiger partial charge in [0, 0.05) is 36.2 Å². The number of nitrogens with one attached hydrogen (secondary N) is 1. The summed E-state index contributed by atoms with van der Waals surface area (Å²) >= 11 is 0. The Hall–Kier alpha value is -2.32. The number of benzene rings is 2. The molecule has 0 amide bonds. The molecule has 2 heteroatoms. The Morgan fingerprint density at radius 3 is 2.74 bits per heavy atom. The Morgan fingerprint density at radius 2 is 1.87 bits per heavy atom. The van der Waals surface area contributed by atoms with Crippen LogP contribution in [-0.4, -0.2) is 23.0 Å². The Kier molecular flexibility index (Phi) is 3.76. The first kappa shape index (κ1) is 14.3. The molecule has 0 aliphatic carbocycles. The minimum absolute atomic E-state index is 1.02. The molecule has 2 aromatic carbocycles. The third-order valence-electron chi connectivity index (χ3n) is 4.65. The van der Waals surface area contributed by atoms with E-state index in [0.29, 0.717) is 0 Å². The summed E-state index contributed by atoms with van der Waals surface area (Å²) in [6.07, 6.45) is 3.43. The van der Waals surface area contributed by atoms with Gasteiger partial charge in [-0.3, -0.25) is 4.90 Å². The molecule has 1 aliphatic rings. The number of aromatic amines is 1. The first-order valence-electron chi connectivity index (χ1n) is 8.32. The maximum Gasteiger partial charge on any atom is 0.0459 e. The van der Waals surface area contributed by atoms with Crippen molar-refractivity contribution in [3.8, 4) is 0 Å². The van der Waals surface area contributed by atoms with Crippen molar-refractivity contribution >= 4 is 17.0 Å². The Morgan fingerprint density at radius 1 is 1.09 bits per heavy atom. The largest absolute Gasteiger partial charge is 0.357 e. The zero-order valence-electron chi connectivity index (χ0n) is 13.5. The van der Waals surface area contributed by atoms with Gasteiger partial charge in [0.15, 0.2) is 0 Å². The predicted molar refractivity (Wildman–Crippen MR) is 97.4 cm³/mol. The Labute approximate surface area is 137 Å². The van der Waals surface area contributed by atoms with E-state index in [2.05, 4.69) is 77.5 Å². The molecular formula is C21H22N2. The fourth-order valence-corrected chi connectivity index (χ4v) is 3.62. The van der Waals surface area contributed by atoms with E-state index in [1.54, 1.807) is 0 Å². The van der Waals surface area contributed by atoms with E-state index < -0.39 is 0 Å². The molecule has 1 N–H and O–H groups in total. The molecular weight excluding hydrogens is 280 g/mol. The fourth-order valence-electron chi connectivity index (χ4n) is 3.62. The van der Waals surface area contributed by atoms with Crippen LogP contribution < -0.4 is 0 Å². The lowest BCUT2D eigenvalue weighted by molar-refractivity contribution is 0.274. The van der Waals surface area contributed by atoms with Gasteiger partial charge in [0.05, 0.1) is 0 Å². The smallest absolute Gasteiger partial charge is 0.0459 e. The molecule has 0 spiro atoms. The Balaban J connectivity index is 1.51. The molecule has 0 saturated carbocycles. The second kappa shape index (κ2) is 6.05. The minimum Gasteiger partial charge on any atom is -0.357 e. The van der Waals surface area contributed by atoms with Crippen LogP contribution >= 0.6 is 0 Å². The highest BCUT2D eigenvalue weighted by Crippen LogP contribution is 2.27. The van der Waals surface area contributed by atoms with Gasteiger partial charge in [0.1, 0.15) is 0 Å². The highest BCUT2D eigenvalue weighted by molar-refractivity contribution is 5.84. The Bertz CT molecular complexity index is 843. The molecule has 0 fully saturated rings. The molecule has 0 unspecified atom stereocenters. The van der Waals surface area contributed by atoms with Crippen molar-refractivity contribution in [3.05, 3.63) is 77.0 Å². The van der Waals surface area contributed by atoms with Crippen LogP contribution in [-0.2, 0) is 13.0 Å². The molecule has 2 nitrogen and oxygen atoms in total. The average molecular weight is 302 g/mol. The second-order valence-electron chi connectivity index (χ2n) is 6.49. The molecule has 23 heavy (non-hydrogen) atoms. The van der Waals surface area contributed by atoms with E-state index in [1.165, 1.54) is 33.3 Å². The van der Waals surface area contributed by atoms with Crippen molar-refractivity contribution in [2.75, 3.05) is 13.1 Å². The van der Waals surface area contributed by atoms with Gasteiger partial charge in [0.2, 0.25) is 0 Å². The van der Waals surface area contributed by atoms with Gasteiger partial charge in [-0.25, -0.2) is 0 Å². The van der Waals surface area contributed by atoms with E-state index in [-0.39, 0.29) is 0 Å². The average Bonchev–Trinajstić information content (AvgIpc) is 2.93. The van der Waals surface area contributed by atoms with Crippen LogP contribution in [0, 0.1) is 0 Å². The first-order chi connectivity index (χ1) is 11.3. The van der Waals surface area contributed by atoms with Gasteiger partial charge >= 0.3 is 0 Å². The quantitative estimate of drug-likeness (QED) is 0.747. The first-order valence-corrected chi connectivity index (χ1v) is 8.32. The summed E-state index contributed by atoms with van der Waals surface area (Å²) in [6, 6.07) is 19.2. The zero-order valence-corrected chi connectivity index (χ0v) is 13.5. The van der Waals surface area contributed by atoms with Crippen molar-refractivity contribution in [2.24, 2.45) is 0 Å². The molecule has 1 aliphatic heterocycles. The monoisotopic (exact) mass is 302 g/mol. The topological polar surface area (TPSA) is 19.0 Å². The number of fused-ring (bicyclic) bond motifs is 3. The molecule has 3 aromatic rings. The van der Waals surface area contributed by atoms with Crippen molar-refractivity contribution in [3.63, 3.8) is 0 Å². The fraction of sp³-hybridized carbons (Fsp3) is 0.238. The van der Waals surface area contributed by atoms with Gasteiger partial charge in [-0.2, -0.15) is 0 Å². The molecule has 0 saturated heterocycles. The van der Waals surface area contributed by atoms with E-state index in [1.807, 2.05) is 0 Å². The van der Waals surface area contributed by atoms with Gasteiger partial charge in [-0.1, -0.05) is 60.2 Å². The predicted octanol–water partition coefficient (Wildman–Crippen LogP) is 4.63. The molecule has 0 bridgehead atoms. The third kappa shape index (κ3) is 2.95. The SMILES string of the molecule is C/C(=C\c1ccccc1)CN1CCc2c([nH]c3ccccc23)C1. The summed E-state index contributed by atoms with van der Waals surface area (Å²) in [5, 5.41) is 1.40. The zero-order chi connectivity index (χ0) is 15.6. The van der Waals surface area contributed by atoms with Crippen LogP contribution in [0.4, 0.5) is 0 Å². The number of para-hydroxylation sites is 1.